The number of thiocarbonyl (C=S) groups is 1. The first-order valence-electron chi connectivity index (χ1n) is 12.4. The van der Waals surface area contributed by atoms with Crippen molar-refractivity contribution in [3.05, 3.63) is 53.0 Å². The SMILES string of the molecule is O=S(=O)(C1=CC=CCC1=S)N1CCN(c2ccc(C(O)(C(F)(F)F)C(F)(F)F)cc2)[C@@H](CC2CCOCC2)C1. The number of aliphatic hydroxyl groups is 1. The molecule has 0 bridgehead atoms. The van der Waals surface area contributed by atoms with Gasteiger partial charge in [0.05, 0.1) is 4.91 Å². The molecule has 6 nitrogen and oxygen atoms in total. The highest BCUT2D eigenvalue weighted by Crippen LogP contribution is 2.50. The fourth-order valence-corrected chi connectivity index (χ4v) is 7.30. The first-order valence-corrected chi connectivity index (χ1v) is 14.2. The Bertz CT molecular complexity index is 1210. The zero-order chi connectivity index (χ0) is 28.6. The second-order valence-corrected chi connectivity index (χ2v) is 12.2. The number of nitrogens with zero attached hydrogens (tertiary/aromatic N) is 2. The van der Waals surface area contributed by atoms with E-state index in [4.69, 9.17) is 17.0 Å². The summed E-state index contributed by atoms with van der Waals surface area (Å²) in [5.74, 6) is 0.201. The number of alkyl halides is 6. The fraction of sp³-hybridized carbons (Fsp3) is 0.560. The number of anilines is 1. The summed E-state index contributed by atoms with van der Waals surface area (Å²) < 4.78 is 114. The van der Waals surface area contributed by atoms with Crippen LogP contribution in [0.4, 0.5) is 32.0 Å². The van der Waals surface area contributed by atoms with Crippen molar-refractivity contribution in [1.82, 2.24) is 4.31 Å². The van der Waals surface area contributed by atoms with Crippen LogP contribution in [0.5, 0.6) is 0 Å². The molecule has 39 heavy (non-hydrogen) atoms. The van der Waals surface area contributed by atoms with E-state index < -0.39 is 39.6 Å². The second-order valence-electron chi connectivity index (χ2n) is 9.84. The predicted molar refractivity (Wildman–Crippen MR) is 137 cm³/mol. The van der Waals surface area contributed by atoms with Gasteiger partial charge in [-0.2, -0.15) is 30.6 Å². The standard InChI is InChI=1S/C25H28F6N2O4S2/c26-24(27,28)23(34,25(29,30)31)18-5-7-19(8-6-18)33-12-11-32(16-20(33)15-17-9-13-37-14-10-17)39(35,36)22-4-2-1-3-21(22)38/h1-2,4-8,17,20,34H,3,9-16H2/t20-/m0/s1. The van der Waals surface area contributed by atoms with Crippen LogP contribution in [-0.4, -0.2) is 73.9 Å². The molecular weight excluding hydrogens is 570 g/mol. The summed E-state index contributed by atoms with van der Waals surface area (Å²) in [4.78, 5) is 2.17. The molecule has 4 rings (SSSR count). The van der Waals surface area contributed by atoms with Crippen molar-refractivity contribution in [1.29, 1.82) is 0 Å². The Balaban J connectivity index is 1.63. The molecule has 3 aliphatic rings. The van der Waals surface area contributed by atoms with Crippen molar-refractivity contribution in [3.63, 3.8) is 0 Å². The van der Waals surface area contributed by atoms with Crippen LogP contribution in [0.25, 0.3) is 0 Å². The number of sulfonamides is 1. The highest BCUT2D eigenvalue weighted by molar-refractivity contribution is 7.96. The van der Waals surface area contributed by atoms with Gasteiger partial charge in [0.15, 0.2) is 0 Å². The summed E-state index contributed by atoms with van der Waals surface area (Å²) in [5.41, 5.74) is -6.04. The molecule has 1 atom stereocenters. The third kappa shape index (κ3) is 5.90. The maximum absolute atomic E-state index is 13.4. The summed E-state index contributed by atoms with van der Waals surface area (Å²) in [7, 11) is -3.90. The zero-order valence-electron chi connectivity index (χ0n) is 20.7. The first kappa shape index (κ1) is 30.0. The molecule has 0 amide bonds. The van der Waals surface area contributed by atoms with Gasteiger partial charge in [-0.3, -0.25) is 0 Å². The molecular formula is C25H28F6N2O4S2. The van der Waals surface area contributed by atoms with Crippen molar-refractivity contribution >= 4 is 32.8 Å². The summed E-state index contributed by atoms with van der Waals surface area (Å²) in [6.45, 7) is 1.38. The van der Waals surface area contributed by atoms with Gasteiger partial charge in [-0.15, -0.1) is 0 Å². The minimum Gasteiger partial charge on any atom is -0.381 e. The Morgan fingerprint density at radius 2 is 1.62 bits per heavy atom. The normalized spacial score (nSPS) is 22.7. The maximum Gasteiger partial charge on any atom is 0.430 e. The maximum atomic E-state index is 13.4. The van der Waals surface area contributed by atoms with Gasteiger partial charge in [-0.1, -0.05) is 36.5 Å². The van der Waals surface area contributed by atoms with E-state index in [0.717, 1.165) is 25.0 Å². The van der Waals surface area contributed by atoms with E-state index in [1.807, 2.05) is 0 Å². The molecule has 1 N–H and O–H groups in total. The van der Waals surface area contributed by atoms with Crippen LogP contribution >= 0.6 is 12.2 Å². The second kappa shape index (κ2) is 11.1. The van der Waals surface area contributed by atoms with Gasteiger partial charge in [0.2, 0.25) is 10.0 Å². The molecule has 0 spiro atoms. The number of piperazine rings is 1. The lowest BCUT2D eigenvalue weighted by atomic mass is 9.90. The highest BCUT2D eigenvalue weighted by atomic mass is 32.2. The molecule has 2 aliphatic heterocycles. The van der Waals surface area contributed by atoms with E-state index in [0.29, 0.717) is 48.7 Å². The molecule has 14 heteroatoms. The Hall–Kier alpha value is -2.00. The van der Waals surface area contributed by atoms with E-state index >= 15 is 0 Å². The summed E-state index contributed by atoms with van der Waals surface area (Å²) in [6, 6.07) is 3.02. The third-order valence-electron chi connectivity index (χ3n) is 7.41. The van der Waals surface area contributed by atoms with Crippen LogP contribution in [0.2, 0.25) is 0 Å². The largest absolute Gasteiger partial charge is 0.430 e. The number of ether oxygens (including phenoxy) is 1. The van der Waals surface area contributed by atoms with Crippen molar-refractivity contribution in [2.24, 2.45) is 5.92 Å². The molecule has 216 valence electrons. The van der Waals surface area contributed by atoms with E-state index in [-0.39, 0.29) is 30.5 Å². The lowest BCUT2D eigenvalue weighted by Gasteiger charge is -2.44. The number of benzene rings is 1. The molecule has 1 aliphatic carbocycles. The zero-order valence-corrected chi connectivity index (χ0v) is 22.3. The number of rotatable bonds is 6. The summed E-state index contributed by atoms with van der Waals surface area (Å²) in [6.07, 6.45) is -4.73. The molecule has 0 radical (unpaired) electrons. The smallest absolute Gasteiger partial charge is 0.381 e. The molecule has 1 aromatic carbocycles. The van der Waals surface area contributed by atoms with Crippen LogP contribution in [0, 0.1) is 5.92 Å². The minimum absolute atomic E-state index is 0.0487. The first-order chi connectivity index (χ1) is 18.2. The van der Waals surface area contributed by atoms with Crippen LogP contribution < -0.4 is 4.90 Å². The van der Waals surface area contributed by atoms with Crippen molar-refractivity contribution in [3.8, 4) is 0 Å². The highest BCUT2D eigenvalue weighted by Gasteiger charge is 2.71. The average molecular weight is 599 g/mol. The Labute approximate surface area is 228 Å². The lowest BCUT2D eigenvalue weighted by molar-refractivity contribution is -0.376. The fourth-order valence-electron chi connectivity index (χ4n) is 5.23. The topological polar surface area (TPSA) is 70.1 Å². The van der Waals surface area contributed by atoms with E-state index in [9.17, 15) is 39.9 Å². The van der Waals surface area contributed by atoms with Crippen molar-refractivity contribution in [2.45, 2.75) is 49.7 Å². The molecule has 1 aromatic rings. The van der Waals surface area contributed by atoms with Gasteiger partial charge < -0.3 is 14.7 Å². The number of hydrogen-bond donors (Lipinski definition) is 1. The average Bonchev–Trinajstić information content (AvgIpc) is 2.88. The quantitative estimate of drug-likeness (QED) is 0.373. The Kier molecular flexibility index (Phi) is 8.54. The van der Waals surface area contributed by atoms with Crippen molar-refractivity contribution in [2.75, 3.05) is 37.7 Å². The van der Waals surface area contributed by atoms with Crippen LogP contribution in [0.3, 0.4) is 0 Å². The number of hydrogen-bond acceptors (Lipinski definition) is 6. The van der Waals surface area contributed by atoms with E-state index in [1.165, 1.54) is 10.4 Å². The lowest BCUT2D eigenvalue weighted by Crippen LogP contribution is -2.56. The van der Waals surface area contributed by atoms with E-state index in [1.54, 1.807) is 17.1 Å². The van der Waals surface area contributed by atoms with Gasteiger partial charge in [-0.25, -0.2) is 8.42 Å². The molecule has 2 saturated heterocycles. The Morgan fingerprint density at radius 1 is 1.00 bits per heavy atom. The van der Waals surface area contributed by atoms with Crippen LogP contribution in [0.15, 0.2) is 47.4 Å². The van der Waals surface area contributed by atoms with Gasteiger partial charge in [-0.05, 0) is 43.4 Å². The molecule has 2 fully saturated rings. The third-order valence-corrected chi connectivity index (χ3v) is 9.87. The van der Waals surface area contributed by atoms with Crippen LogP contribution in [-0.2, 0) is 20.4 Å². The molecule has 0 saturated carbocycles. The number of halogens is 6. The van der Waals surface area contributed by atoms with Crippen molar-refractivity contribution < 1.29 is 44.6 Å². The van der Waals surface area contributed by atoms with Gasteiger partial charge >= 0.3 is 12.4 Å². The number of allylic oxidation sites excluding steroid dienone is 4. The predicted octanol–water partition coefficient (Wildman–Crippen LogP) is 4.85. The molecule has 2 heterocycles. The molecule has 0 unspecified atom stereocenters. The Morgan fingerprint density at radius 3 is 2.18 bits per heavy atom. The monoisotopic (exact) mass is 598 g/mol. The van der Waals surface area contributed by atoms with Gasteiger partial charge in [0.1, 0.15) is 0 Å². The minimum atomic E-state index is -5.98. The summed E-state index contributed by atoms with van der Waals surface area (Å²) >= 11 is 5.27. The summed E-state index contributed by atoms with van der Waals surface area (Å²) in [5, 5.41) is 9.73. The van der Waals surface area contributed by atoms with Gasteiger partial charge in [0.25, 0.3) is 5.60 Å². The molecule has 0 aromatic heterocycles. The van der Waals surface area contributed by atoms with Gasteiger partial charge in [0, 0.05) is 61.4 Å². The van der Waals surface area contributed by atoms with E-state index in [2.05, 4.69) is 0 Å². The van der Waals surface area contributed by atoms with Crippen LogP contribution in [0.1, 0.15) is 31.2 Å².